The van der Waals surface area contributed by atoms with Gasteiger partial charge < -0.3 is 5.32 Å². The lowest BCUT2D eigenvalue weighted by Crippen LogP contribution is -2.30. The minimum absolute atomic E-state index is 0.523. The topological polar surface area (TPSA) is 12.0 Å². The van der Waals surface area contributed by atoms with Gasteiger partial charge in [-0.25, -0.2) is 0 Å². The van der Waals surface area contributed by atoms with Gasteiger partial charge in [0, 0.05) is 29.4 Å². The predicted octanol–water partition coefficient (Wildman–Crippen LogP) is 4.13. The molecule has 0 unspecified atom stereocenters. The van der Waals surface area contributed by atoms with Crippen LogP contribution in [0.15, 0.2) is 48.5 Å². The molecule has 1 fully saturated rings. The van der Waals surface area contributed by atoms with Gasteiger partial charge in [0.15, 0.2) is 0 Å². The molecule has 0 spiro atoms. The fourth-order valence-corrected chi connectivity index (χ4v) is 4.33. The van der Waals surface area contributed by atoms with E-state index in [1.54, 1.807) is 0 Å². The van der Waals surface area contributed by atoms with Crippen LogP contribution in [0.2, 0.25) is 5.02 Å². The van der Waals surface area contributed by atoms with Crippen molar-refractivity contribution in [3.8, 4) is 0 Å². The Morgan fingerprint density at radius 2 is 1.85 bits per heavy atom. The maximum Gasteiger partial charge on any atom is 0.0444 e. The Morgan fingerprint density at radius 3 is 2.70 bits per heavy atom. The Balaban J connectivity index is 1.81. The predicted molar refractivity (Wildman–Crippen MR) is 83.5 cm³/mol. The Morgan fingerprint density at radius 1 is 1.00 bits per heavy atom. The lowest BCUT2D eigenvalue weighted by atomic mass is 9.73. The number of hydrogen-bond donors (Lipinski definition) is 1. The van der Waals surface area contributed by atoms with Crippen molar-refractivity contribution in [2.24, 2.45) is 0 Å². The number of halogens is 1. The van der Waals surface area contributed by atoms with Crippen molar-refractivity contribution in [2.45, 2.75) is 30.7 Å². The molecule has 0 saturated carbocycles. The second kappa shape index (κ2) is 4.91. The molecule has 1 aliphatic carbocycles. The minimum atomic E-state index is 0.523. The molecule has 2 aliphatic rings. The molecule has 4 rings (SSSR count). The molecule has 20 heavy (non-hydrogen) atoms. The van der Waals surface area contributed by atoms with Gasteiger partial charge in [0.05, 0.1) is 0 Å². The van der Waals surface area contributed by atoms with Crippen molar-refractivity contribution in [1.82, 2.24) is 5.32 Å². The van der Waals surface area contributed by atoms with E-state index in [0.717, 1.165) is 18.0 Å². The second-order valence-corrected chi connectivity index (χ2v) is 6.32. The van der Waals surface area contributed by atoms with Gasteiger partial charge in [0.1, 0.15) is 0 Å². The zero-order valence-electron chi connectivity index (χ0n) is 11.4. The summed E-state index contributed by atoms with van der Waals surface area (Å²) in [4.78, 5) is 0. The highest BCUT2D eigenvalue weighted by molar-refractivity contribution is 6.31. The van der Waals surface area contributed by atoms with Crippen LogP contribution < -0.4 is 5.32 Å². The number of benzene rings is 2. The molecule has 102 valence electrons. The maximum absolute atomic E-state index is 6.53. The van der Waals surface area contributed by atoms with Gasteiger partial charge in [-0.3, -0.25) is 0 Å². The van der Waals surface area contributed by atoms with Crippen molar-refractivity contribution >= 4 is 11.6 Å². The molecule has 0 amide bonds. The zero-order chi connectivity index (χ0) is 13.5. The largest absolute Gasteiger partial charge is 0.313 e. The summed E-state index contributed by atoms with van der Waals surface area (Å²) in [5, 5.41) is 4.66. The van der Waals surface area contributed by atoms with Crippen LogP contribution in [0.25, 0.3) is 0 Å². The van der Waals surface area contributed by atoms with Gasteiger partial charge in [-0.2, -0.15) is 0 Å². The number of aryl methyl sites for hydroxylation is 1. The molecule has 1 nitrogen and oxygen atoms in total. The fraction of sp³-hybridized carbons (Fsp3) is 0.333. The smallest absolute Gasteiger partial charge is 0.0444 e. The van der Waals surface area contributed by atoms with Crippen LogP contribution in [0.3, 0.4) is 0 Å². The monoisotopic (exact) mass is 283 g/mol. The summed E-state index contributed by atoms with van der Waals surface area (Å²) < 4.78 is 0. The number of nitrogens with one attached hydrogen (secondary N) is 1. The lowest BCUT2D eigenvalue weighted by Gasteiger charge is -2.32. The molecule has 1 heterocycles. The van der Waals surface area contributed by atoms with Crippen molar-refractivity contribution in [3.63, 3.8) is 0 Å². The standard InChI is InChI=1S/C18H18ClN/c19-15-8-4-7-13-9-10-16-18(17(13)15)14(11-20-16)12-5-2-1-3-6-12/h1-8,14,16,18,20H,9-11H2/t14-,16-,18-/m1/s1. The molecule has 1 aliphatic heterocycles. The highest BCUT2D eigenvalue weighted by Crippen LogP contribution is 2.47. The molecule has 1 saturated heterocycles. The normalized spacial score (nSPS) is 27.9. The molecule has 3 atom stereocenters. The van der Waals surface area contributed by atoms with E-state index in [1.165, 1.54) is 23.1 Å². The van der Waals surface area contributed by atoms with E-state index in [0.29, 0.717) is 17.9 Å². The summed E-state index contributed by atoms with van der Waals surface area (Å²) >= 11 is 6.53. The Hall–Kier alpha value is -1.31. The molecule has 0 aromatic heterocycles. The molecule has 1 N–H and O–H groups in total. The summed E-state index contributed by atoms with van der Waals surface area (Å²) in [5.41, 5.74) is 4.27. The summed E-state index contributed by atoms with van der Waals surface area (Å²) in [6.07, 6.45) is 2.37. The molecular formula is C18H18ClN. The highest BCUT2D eigenvalue weighted by atomic mass is 35.5. The number of rotatable bonds is 1. The van der Waals surface area contributed by atoms with E-state index in [9.17, 15) is 0 Å². The van der Waals surface area contributed by atoms with E-state index in [2.05, 4.69) is 47.8 Å². The van der Waals surface area contributed by atoms with Crippen LogP contribution in [0.4, 0.5) is 0 Å². The van der Waals surface area contributed by atoms with Crippen molar-refractivity contribution in [3.05, 3.63) is 70.2 Å². The summed E-state index contributed by atoms with van der Waals surface area (Å²) in [5.74, 6) is 1.06. The van der Waals surface area contributed by atoms with E-state index < -0.39 is 0 Å². The minimum Gasteiger partial charge on any atom is -0.313 e. The van der Waals surface area contributed by atoms with Crippen LogP contribution in [-0.4, -0.2) is 12.6 Å². The lowest BCUT2D eigenvalue weighted by molar-refractivity contribution is 0.467. The van der Waals surface area contributed by atoms with E-state index in [4.69, 9.17) is 11.6 Å². The number of fused-ring (bicyclic) bond motifs is 3. The molecule has 0 bridgehead atoms. The highest BCUT2D eigenvalue weighted by Gasteiger charge is 2.41. The zero-order valence-corrected chi connectivity index (χ0v) is 12.1. The van der Waals surface area contributed by atoms with Crippen molar-refractivity contribution < 1.29 is 0 Å². The summed E-state index contributed by atoms with van der Waals surface area (Å²) in [7, 11) is 0. The third-order valence-corrected chi connectivity index (χ3v) is 5.23. The molecule has 2 aromatic rings. The van der Waals surface area contributed by atoms with Gasteiger partial charge in [0.2, 0.25) is 0 Å². The van der Waals surface area contributed by atoms with Crippen LogP contribution in [0.1, 0.15) is 34.9 Å². The first kappa shape index (κ1) is 12.4. The molecule has 2 heteroatoms. The number of hydrogen-bond acceptors (Lipinski definition) is 1. The van der Waals surface area contributed by atoms with Gasteiger partial charge in [-0.1, -0.05) is 54.1 Å². The maximum atomic E-state index is 6.53. The van der Waals surface area contributed by atoms with E-state index >= 15 is 0 Å². The first-order valence-corrected chi connectivity index (χ1v) is 7.78. The van der Waals surface area contributed by atoms with E-state index in [1.807, 2.05) is 6.07 Å². The quantitative estimate of drug-likeness (QED) is 0.830. The average Bonchev–Trinajstić information content (AvgIpc) is 2.92. The van der Waals surface area contributed by atoms with Gasteiger partial charge in [-0.05, 0) is 35.6 Å². The van der Waals surface area contributed by atoms with Gasteiger partial charge in [0.25, 0.3) is 0 Å². The van der Waals surface area contributed by atoms with Crippen LogP contribution >= 0.6 is 11.6 Å². The van der Waals surface area contributed by atoms with Crippen molar-refractivity contribution in [1.29, 1.82) is 0 Å². The molecule has 2 aromatic carbocycles. The summed E-state index contributed by atoms with van der Waals surface area (Å²) in [6, 6.07) is 17.8. The molecule has 0 radical (unpaired) electrons. The van der Waals surface area contributed by atoms with Gasteiger partial charge in [-0.15, -0.1) is 0 Å². The fourth-order valence-electron chi connectivity index (χ4n) is 4.01. The van der Waals surface area contributed by atoms with Crippen LogP contribution in [0, 0.1) is 0 Å². The SMILES string of the molecule is Clc1cccc2c1[C@@H]1[C@@H](c3ccccc3)CN[C@@H]1CC2. The second-order valence-electron chi connectivity index (χ2n) is 5.91. The summed E-state index contributed by atoms with van der Waals surface area (Å²) in [6.45, 7) is 1.06. The first-order valence-electron chi connectivity index (χ1n) is 7.40. The van der Waals surface area contributed by atoms with E-state index in [-0.39, 0.29) is 0 Å². The van der Waals surface area contributed by atoms with Gasteiger partial charge >= 0.3 is 0 Å². The van der Waals surface area contributed by atoms with Crippen LogP contribution in [0.5, 0.6) is 0 Å². The van der Waals surface area contributed by atoms with Crippen molar-refractivity contribution in [2.75, 3.05) is 6.54 Å². The first-order chi connectivity index (χ1) is 9.84. The Labute approximate surface area is 125 Å². The Bertz CT molecular complexity index is 623. The third kappa shape index (κ3) is 1.88. The Kier molecular flexibility index (Phi) is 3.05. The molecular weight excluding hydrogens is 266 g/mol. The third-order valence-electron chi connectivity index (χ3n) is 4.90. The van der Waals surface area contributed by atoms with Crippen LogP contribution in [-0.2, 0) is 6.42 Å². The average molecular weight is 284 g/mol.